The molecule has 1 aromatic rings. The predicted molar refractivity (Wildman–Crippen MR) is 68.2 cm³/mol. The quantitative estimate of drug-likeness (QED) is 0.774. The normalized spacial score (nSPS) is 17.9. The molecule has 0 aliphatic carbocycles. The number of carboxylic acids is 1. The molecule has 0 aromatic heterocycles. The minimum Gasteiger partial charge on any atom is -0.478 e. The molecule has 2 amide bonds. The van der Waals surface area contributed by atoms with Crippen LogP contribution in [-0.2, 0) is 9.59 Å². The van der Waals surface area contributed by atoms with Gasteiger partial charge in [-0.2, -0.15) is 0 Å². The Kier molecular flexibility index (Phi) is 3.71. The molecule has 1 aromatic carbocycles. The lowest BCUT2D eigenvalue weighted by atomic mass is 10.1. The van der Waals surface area contributed by atoms with Crippen molar-refractivity contribution in [3.05, 3.63) is 28.8 Å². The highest BCUT2D eigenvalue weighted by Crippen LogP contribution is 2.21. The molecule has 6 nitrogen and oxygen atoms in total. The second-order valence-electron chi connectivity index (χ2n) is 4.19. The lowest BCUT2D eigenvalue weighted by molar-refractivity contribution is -0.123. The molecule has 19 heavy (non-hydrogen) atoms. The van der Waals surface area contributed by atoms with Crippen molar-refractivity contribution in [2.45, 2.75) is 6.42 Å². The largest absolute Gasteiger partial charge is 0.478 e. The molecule has 0 spiro atoms. The number of aromatic carboxylic acids is 1. The van der Waals surface area contributed by atoms with Crippen LogP contribution in [0.2, 0.25) is 5.02 Å². The van der Waals surface area contributed by atoms with Crippen molar-refractivity contribution < 1.29 is 19.5 Å². The molecule has 0 saturated carbocycles. The molecule has 2 rings (SSSR count). The third-order valence-corrected chi connectivity index (χ3v) is 3.14. The molecule has 1 saturated heterocycles. The van der Waals surface area contributed by atoms with Gasteiger partial charge in [0.2, 0.25) is 11.8 Å². The van der Waals surface area contributed by atoms with Crippen LogP contribution < -0.4 is 10.6 Å². The second kappa shape index (κ2) is 5.27. The molecule has 1 aliphatic heterocycles. The molecule has 1 heterocycles. The minimum atomic E-state index is -1.17. The van der Waals surface area contributed by atoms with E-state index in [1.54, 1.807) is 0 Å². The third kappa shape index (κ3) is 3.03. The number of benzene rings is 1. The number of hydrogen-bond donors (Lipinski definition) is 3. The number of carbonyl (C=O) groups is 3. The SMILES string of the molecule is O=C1CC(C(=O)Nc2ccc(Cl)c(C(=O)O)c2)CN1. The summed E-state index contributed by atoms with van der Waals surface area (Å²) in [5.41, 5.74) is 0.256. The van der Waals surface area contributed by atoms with Crippen LogP contribution in [0.1, 0.15) is 16.8 Å². The van der Waals surface area contributed by atoms with Crippen molar-refractivity contribution in [2.24, 2.45) is 5.92 Å². The number of hydrogen-bond acceptors (Lipinski definition) is 3. The summed E-state index contributed by atoms with van der Waals surface area (Å²) in [6.07, 6.45) is 0.144. The molecule has 1 aliphatic rings. The average Bonchev–Trinajstić information content (AvgIpc) is 2.78. The summed E-state index contributed by atoms with van der Waals surface area (Å²) in [5.74, 6) is -2.09. The molecule has 1 fully saturated rings. The standard InChI is InChI=1S/C12H11ClN2O4/c13-9-2-1-7(4-8(9)12(18)19)15-11(17)6-3-10(16)14-5-6/h1-2,4,6H,3,5H2,(H,14,16)(H,15,17)(H,18,19). The van der Waals surface area contributed by atoms with Crippen LogP contribution in [0, 0.1) is 5.92 Å². The molecule has 1 unspecified atom stereocenters. The number of amides is 2. The van der Waals surface area contributed by atoms with Gasteiger partial charge in [-0.1, -0.05) is 11.6 Å². The molecule has 0 radical (unpaired) electrons. The van der Waals surface area contributed by atoms with Crippen LogP contribution in [0.25, 0.3) is 0 Å². The van der Waals surface area contributed by atoms with Crippen LogP contribution in [0.15, 0.2) is 18.2 Å². The van der Waals surface area contributed by atoms with Gasteiger partial charge in [-0.05, 0) is 18.2 Å². The van der Waals surface area contributed by atoms with Gasteiger partial charge < -0.3 is 15.7 Å². The topological polar surface area (TPSA) is 95.5 Å². The highest BCUT2D eigenvalue weighted by atomic mass is 35.5. The van der Waals surface area contributed by atoms with E-state index in [1.807, 2.05) is 0 Å². The first-order valence-corrected chi connectivity index (χ1v) is 5.95. The first kappa shape index (κ1) is 13.4. The van der Waals surface area contributed by atoms with Gasteiger partial charge in [-0.3, -0.25) is 9.59 Å². The average molecular weight is 283 g/mol. The summed E-state index contributed by atoms with van der Waals surface area (Å²) in [6.45, 7) is 0.296. The van der Waals surface area contributed by atoms with Gasteiger partial charge in [0.15, 0.2) is 0 Å². The Morgan fingerprint density at radius 3 is 2.74 bits per heavy atom. The lowest BCUT2D eigenvalue weighted by Gasteiger charge is -2.10. The number of carboxylic acid groups (broad SMARTS) is 1. The van der Waals surface area contributed by atoms with Crippen molar-refractivity contribution >= 4 is 35.1 Å². The van der Waals surface area contributed by atoms with Crippen molar-refractivity contribution in [3.8, 4) is 0 Å². The zero-order chi connectivity index (χ0) is 14.0. The van der Waals surface area contributed by atoms with Crippen molar-refractivity contribution in [2.75, 3.05) is 11.9 Å². The first-order valence-electron chi connectivity index (χ1n) is 5.58. The third-order valence-electron chi connectivity index (χ3n) is 2.81. The van der Waals surface area contributed by atoms with E-state index >= 15 is 0 Å². The number of nitrogens with one attached hydrogen (secondary N) is 2. The van der Waals surface area contributed by atoms with Gasteiger partial charge in [-0.25, -0.2) is 4.79 Å². The van der Waals surface area contributed by atoms with E-state index in [0.29, 0.717) is 12.2 Å². The van der Waals surface area contributed by atoms with E-state index in [0.717, 1.165) is 0 Å². The molecular formula is C12H11ClN2O4. The van der Waals surface area contributed by atoms with E-state index in [2.05, 4.69) is 10.6 Å². The van der Waals surface area contributed by atoms with Crippen molar-refractivity contribution in [1.82, 2.24) is 5.32 Å². The zero-order valence-electron chi connectivity index (χ0n) is 9.77. The lowest BCUT2D eigenvalue weighted by Crippen LogP contribution is -2.24. The molecular weight excluding hydrogens is 272 g/mol. The Balaban J connectivity index is 2.11. The van der Waals surface area contributed by atoms with Crippen LogP contribution in [0.3, 0.4) is 0 Å². The smallest absolute Gasteiger partial charge is 0.337 e. The first-order chi connectivity index (χ1) is 8.97. The van der Waals surface area contributed by atoms with Crippen LogP contribution in [0.4, 0.5) is 5.69 Å². The Morgan fingerprint density at radius 2 is 2.16 bits per heavy atom. The maximum absolute atomic E-state index is 11.8. The summed E-state index contributed by atoms with van der Waals surface area (Å²) < 4.78 is 0. The van der Waals surface area contributed by atoms with Crippen LogP contribution >= 0.6 is 11.6 Å². The highest BCUT2D eigenvalue weighted by Gasteiger charge is 2.28. The van der Waals surface area contributed by atoms with Crippen LogP contribution in [0.5, 0.6) is 0 Å². The molecule has 7 heteroatoms. The summed E-state index contributed by atoms with van der Waals surface area (Å²) in [5, 5.41) is 14.2. The molecule has 1 atom stereocenters. The summed E-state index contributed by atoms with van der Waals surface area (Å²) in [4.78, 5) is 33.8. The number of halogens is 1. The Bertz CT molecular complexity index is 559. The highest BCUT2D eigenvalue weighted by molar-refractivity contribution is 6.33. The fourth-order valence-electron chi connectivity index (χ4n) is 1.80. The number of carbonyl (C=O) groups excluding carboxylic acids is 2. The molecule has 100 valence electrons. The molecule has 0 bridgehead atoms. The van der Waals surface area contributed by atoms with Gasteiger partial charge in [0.1, 0.15) is 0 Å². The van der Waals surface area contributed by atoms with Crippen molar-refractivity contribution in [1.29, 1.82) is 0 Å². The summed E-state index contributed by atoms with van der Waals surface area (Å²) in [6, 6.07) is 4.20. The fraction of sp³-hybridized carbons (Fsp3) is 0.250. The van der Waals surface area contributed by atoms with E-state index in [1.165, 1.54) is 18.2 Å². The second-order valence-corrected chi connectivity index (χ2v) is 4.60. The van der Waals surface area contributed by atoms with Crippen molar-refractivity contribution in [3.63, 3.8) is 0 Å². The Morgan fingerprint density at radius 1 is 1.42 bits per heavy atom. The monoisotopic (exact) mass is 282 g/mol. The van der Waals surface area contributed by atoms with E-state index in [4.69, 9.17) is 16.7 Å². The minimum absolute atomic E-state index is 0.0833. The zero-order valence-corrected chi connectivity index (χ0v) is 10.5. The summed E-state index contributed by atoms with van der Waals surface area (Å²) in [7, 11) is 0. The van der Waals surface area contributed by atoms with Crippen LogP contribution in [-0.4, -0.2) is 29.4 Å². The van der Waals surface area contributed by atoms with Gasteiger partial charge in [0, 0.05) is 18.7 Å². The van der Waals surface area contributed by atoms with Gasteiger partial charge >= 0.3 is 5.97 Å². The number of rotatable bonds is 3. The fourth-order valence-corrected chi connectivity index (χ4v) is 2.00. The van der Waals surface area contributed by atoms with Gasteiger partial charge in [-0.15, -0.1) is 0 Å². The van der Waals surface area contributed by atoms with Gasteiger partial charge in [0.25, 0.3) is 0 Å². The van der Waals surface area contributed by atoms with E-state index < -0.39 is 11.9 Å². The molecule has 3 N–H and O–H groups in total. The number of anilines is 1. The van der Waals surface area contributed by atoms with Gasteiger partial charge in [0.05, 0.1) is 16.5 Å². The maximum Gasteiger partial charge on any atom is 0.337 e. The maximum atomic E-state index is 11.8. The Labute approximate surface area is 113 Å². The van der Waals surface area contributed by atoms with E-state index in [9.17, 15) is 14.4 Å². The van der Waals surface area contributed by atoms with E-state index in [-0.39, 0.29) is 28.8 Å². The Hall–Kier alpha value is -2.08. The predicted octanol–water partition coefficient (Wildman–Crippen LogP) is 1.11. The summed E-state index contributed by atoms with van der Waals surface area (Å²) >= 11 is 5.73.